The molecule has 0 atom stereocenters. The van der Waals surface area contributed by atoms with Crippen LogP contribution in [0.2, 0.25) is 0 Å². The maximum absolute atomic E-state index is 9.72. The lowest BCUT2D eigenvalue weighted by Gasteiger charge is -2.08. The number of nitrogens with zero attached hydrogens (tertiary/aromatic N) is 1. The number of phenolic OH excluding ortho intramolecular Hbond substituents is 1. The lowest BCUT2D eigenvalue weighted by Crippen LogP contribution is -1.86. The number of hydrogen-bond donors (Lipinski definition) is 1. The number of aryl methyl sites for hydroxylation is 1. The zero-order valence-corrected chi connectivity index (χ0v) is 10.2. The van der Waals surface area contributed by atoms with Crippen LogP contribution in [0.1, 0.15) is 11.1 Å². The molecule has 84 valence electrons. The Labute approximate surface area is 105 Å². The minimum Gasteiger partial charge on any atom is -0.507 e. The van der Waals surface area contributed by atoms with Crippen molar-refractivity contribution in [1.82, 2.24) is 0 Å². The smallest absolute Gasteiger partial charge is 0.129 e. The molecule has 0 spiro atoms. The molecular weight excluding hydrogens is 230 g/mol. The second kappa shape index (κ2) is 4.94. The lowest BCUT2D eigenvalue weighted by molar-refractivity contribution is 0.462. The second-order valence-corrected chi connectivity index (χ2v) is 4.69. The van der Waals surface area contributed by atoms with Crippen molar-refractivity contribution in [3.63, 3.8) is 0 Å². The van der Waals surface area contributed by atoms with E-state index in [4.69, 9.17) is 5.26 Å². The number of hydrogen-bond acceptors (Lipinski definition) is 3. The van der Waals surface area contributed by atoms with Gasteiger partial charge in [-0.15, -0.1) is 0 Å². The molecule has 0 unspecified atom stereocenters. The fourth-order valence-electron chi connectivity index (χ4n) is 1.53. The Morgan fingerprint density at radius 3 is 2.59 bits per heavy atom. The Balaban J connectivity index is 2.44. The Morgan fingerprint density at radius 2 is 1.88 bits per heavy atom. The summed E-state index contributed by atoms with van der Waals surface area (Å²) >= 11 is 1.42. The summed E-state index contributed by atoms with van der Waals surface area (Å²) in [5, 5.41) is 18.8. The van der Waals surface area contributed by atoms with Crippen LogP contribution in [0.15, 0.2) is 52.3 Å². The van der Waals surface area contributed by atoms with Crippen molar-refractivity contribution in [2.75, 3.05) is 0 Å². The quantitative estimate of drug-likeness (QED) is 0.871. The summed E-state index contributed by atoms with van der Waals surface area (Å²) < 4.78 is 0. The molecule has 0 aromatic heterocycles. The highest BCUT2D eigenvalue weighted by atomic mass is 32.2. The molecule has 0 aliphatic heterocycles. The number of aromatic hydroxyl groups is 1. The first-order chi connectivity index (χ1) is 8.22. The van der Waals surface area contributed by atoms with Crippen molar-refractivity contribution in [3.8, 4) is 11.8 Å². The number of rotatable bonds is 2. The Morgan fingerprint density at radius 1 is 1.12 bits per heavy atom. The van der Waals surface area contributed by atoms with Crippen LogP contribution in [0.25, 0.3) is 0 Å². The summed E-state index contributed by atoms with van der Waals surface area (Å²) in [6.45, 7) is 1.96. The van der Waals surface area contributed by atoms with Gasteiger partial charge in [-0.3, -0.25) is 0 Å². The fourth-order valence-corrected chi connectivity index (χ4v) is 2.52. The summed E-state index contributed by atoms with van der Waals surface area (Å²) in [5.74, 6) is 0.240. The van der Waals surface area contributed by atoms with Gasteiger partial charge in [-0.2, -0.15) is 5.26 Å². The van der Waals surface area contributed by atoms with Gasteiger partial charge in [0, 0.05) is 4.90 Å². The van der Waals surface area contributed by atoms with Crippen molar-refractivity contribution in [3.05, 3.63) is 53.6 Å². The first-order valence-electron chi connectivity index (χ1n) is 5.18. The first kappa shape index (κ1) is 11.6. The van der Waals surface area contributed by atoms with Gasteiger partial charge in [0.1, 0.15) is 11.8 Å². The average Bonchev–Trinajstić information content (AvgIpc) is 2.34. The van der Waals surface area contributed by atoms with Crippen molar-refractivity contribution in [1.29, 1.82) is 5.26 Å². The van der Waals surface area contributed by atoms with Gasteiger partial charge in [0.2, 0.25) is 0 Å². The molecule has 2 rings (SSSR count). The molecule has 3 heteroatoms. The second-order valence-electron chi connectivity index (χ2n) is 3.63. The topological polar surface area (TPSA) is 44.0 Å². The summed E-state index contributed by atoms with van der Waals surface area (Å²) in [6, 6.07) is 14.9. The van der Waals surface area contributed by atoms with Gasteiger partial charge in [0.15, 0.2) is 0 Å². The number of para-hydroxylation sites is 1. The van der Waals surface area contributed by atoms with Crippen molar-refractivity contribution in [2.24, 2.45) is 0 Å². The van der Waals surface area contributed by atoms with E-state index in [0.717, 1.165) is 15.4 Å². The number of nitriles is 1. The molecule has 0 heterocycles. The molecule has 0 amide bonds. The van der Waals surface area contributed by atoms with E-state index in [0.29, 0.717) is 5.56 Å². The molecule has 0 bridgehead atoms. The van der Waals surface area contributed by atoms with Crippen LogP contribution in [-0.4, -0.2) is 5.11 Å². The number of benzene rings is 2. The molecule has 0 aliphatic carbocycles. The third-order valence-corrected chi connectivity index (χ3v) is 3.72. The third-order valence-electron chi connectivity index (χ3n) is 2.41. The van der Waals surface area contributed by atoms with Crippen LogP contribution < -0.4 is 0 Å². The van der Waals surface area contributed by atoms with Crippen LogP contribution in [0.3, 0.4) is 0 Å². The third kappa shape index (κ3) is 2.43. The largest absolute Gasteiger partial charge is 0.507 e. The highest BCUT2D eigenvalue weighted by molar-refractivity contribution is 7.99. The van der Waals surface area contributed by atoms with Crippen molar-refractivity contribution in [2.45, 2.75) is 16.7 Å². The van der Waals surface area contributed by atoms with Crippen LogP contribution >= 0.6 is 11.8 Å². The van der Waals surface area contributed by atoms with E-state index < -0.39 is 0 Å². The molecule has 0 fully saturated rings. The maximum atomic E-state index is 9.72. The SMILES string of the molecule is Cc1cccc(C#N)c1Sc1ccccc1O. The van der Waals surface area contributed by atoms with E-state index >= 15 is 0 Å². The van der Waals surface area contributed by atoms with Gasteiger partial charge < -0.3 is 5.11 Å². The molecule has 2 nitrogen and oxygen atoms in total. The summed E-state index contributed by atoms with van der Waals surface area (Å²) in [7, 11) is 0. The van der Waals surface area contributed by atoms with Crippen LogP contribution in [-0.2, 0) is 0 Å². The standard InChI is InChI=1S/C14H11NOS/c1-10-5-4-6-11(9-15)14(10)17-13-8-3-2-7-12(13)16/h2-8,16H,1H3. The molecule has 0 saturated heterocycles. The fraction of sp³-hybridized carbons (Fsp3) is 0.0714. The van der Waals surface area contributed by atoms with E-state index in [1.807, 2.05) is 31.2 Å². The molecule has 0 saturated carbocycles. The minimum atomic E-state index is 0.240. The predicted octanol–water partition coefficient (Wildman–Crippen LogP) is 3.72. The zero-order chi connectivity index (χ0) is 12.3. The van der Waals surface area contributed by atoms with Crippen LogP contribution in [0.5, 0.6) is 5.75 Å². The normalized spacial score (nSPS) is 9.88. The van der Waals surface area contributed by atoms with E-state index in [9.17, 15) is 5.11 Å². The van der Waals surface area contributed by atoms with Gasteiger partial charge in [0.05, 0.1) is 10.5 Å². The van der Waals surface area contributed by atoms with Gasteiger partial charge in [0.25, 0.3) is 0 Å². The van der Waals surface area contributed by atoms with Crippen molar-refractivity contribution >= 4 is 11.8 Å². The molecular formula is C14H11NOS. The van der Waals surface area contributed by atoms with Gasteiger partial charge in [-0.1, -0.05) is 36.0 Å². The highest BCUT2D eigenvalue weighted by Gasteiger charge is 2.09. The lowest BCUT2D eigenvalue weighted by atomic mass is 10.1. The highest BCUT2D eigenvalue weighted by Crippen LogP contribution is 2.37. The van der Waals surface area contributed by atoms with Gasteiger partial charge in [-0.05, 0) is 30.7 Å². The molecule has 2 aromatic rings. The summed E-state index contributed by atoms with van der Waals surface area (Å²) in [4.78, 5) is 1.66. The Bertz CT molecular complexity index is 587. The van der Waals surface area contributed by atoms with E-state index in [2.05, 4.69) is 6.07 Å². The van der Waals surface area contributed by atoms with E-state index in [-0.39, 0.29) is 5.75 Å². The minimum absolute atomic E-state index is 0.240. The van der Waals surface area contributed by atoms with E-state index in [1.165, 1.54) is 11.8 Å². The summed E-state index contributed by atoms with van der Waals surface area (Å²) in [5.41, 5.74) is 1.68. The van der Waals surface area contributed by atoms with E-state index in [1.54, 1.807) is 18.2 Å². The monoisotopic (exact) mass is 241 g/mol. The van der Waals surface area contributed by atoms with Gasteiger partial charge >= 0.3 is 0 Å². The molecule has 1 N–H and O–H groups in total. The summed E-state index contributed by atoms with van der Waals surface area (Å²) in [6.07, 6.45) is 0. The maximum Gasteiger partial charge on any atom is 0.129 e. The Kier molecular flexibility index (Phi) is 3.36. The van der Waals surface area contributed by atoms with Crippen LogP contribution in [0, 0.1) is 18.3 Å². The molecule has 2 aromatic carbocycles. The predicted molar refractivity (Wildman–Crippen MR) is 68.1 cm³/mol. The van der Waals surface area contributed by atoms with Gasteiger partial charge in [-0.25, -0.2) is 0 Å². The average molecular weight is 241 g/mol. The van der Waals surface area contributed by atoms with Crippen molar-refractivity contribution < 1.29 is 5.11 Å². The Hall–Kier alpha value is -1.92. The zero-order valence-electron chi connectivity index (χ0n) is 9.34. The first-order valence-corrected chi connectivity index (χ1v) is 5.99. The van der Waals surface area contributed by atoms with Crippen LogP contribution in [0.4, 0.5) is 0 Å². The molecule has 0 aliphatic rings. The molecule has 17 heavy (non-hydrogen) atoms. The molecule has 0 radical (unpaired) electrons. The number of phenols is 1.